The lowest BCUT2D eigenvalue weighted by Gasteiger charge is -2.31. The summed E-state index contributed by atoms with van der Waals surface area (Å²) in [5, 5.41) is 3.15. The monoisotopic (exact) mass is 257 g/mol. The van der Waals surface area contributed by atoms with Gasteiger partial charge < -0.3 is 10.1 Å². The summed E-state index contributed by atoms with van der Waals surface area (Å²) in [6, 6.07) is 0.215. The minimum Gasteiger partial charge on any atom is -0.380 e. The van der Waals surface area contributed by atoms with E-state index >= 15 is 0 Å². The van der Waals surface area contributed by atoms with Gasteiger partial charge in [0, 0.05) is 25.4 Å². The first-order valence-electron chi connectivity index (χ1n) is 5.50. The van der Waals surface area contributed by atoms with E-state index in [-0.39, 0.29) is 29.7 Å². The second-order valence-electron chi connectivity index (χ2n) is 3.91. The number of nitrogens with one attached hydrogen (secondary N) is 1. The fourth-order valence-corrected chi connectivity index (χ4v) is 2.47. The van der Waals surface area contributed by atoms with Crippen LogP contribution in [0.2, 0.25) is 0 Å². The van der Waals surface area contributed by atoms with E-state index in [1.54, 1.807) is 7.11 Å². The third-order valence-electron chi connectivity index (χ3n) is 2.78. The van der Waals surface area contributed by atoms with E-state index in [0.717, 1.165) is 25.7 Å². The van der Waals surface area contributed by atoms with Crippen LogP contribution in [-0.4, -0.2) is 37.1 Å². The van der Waals surface area contributed by atoms with Gasteiger partial charge in [-0.05, 0) is 24.6 Å². The van der Waals surface area contributed by atoms with Crippen LogP contribution in [0.4, 0.5) is 13.2 Å². The van der Waals surface area contributed by atoms with E-state index in [9.17, 15) is 13.2 Å². The third-order valence-corrected chi connectivity index (χ3v) is 3.52. The number of alkyl halides is 3. The molecule has 0 bridgehead atoms. The van der Waals surface area contributed by atoms with Crippen LogP contribution in [0.3, 0.4) is 0 Å². The van der Waals surface area contributed by atoms with Crippen molar-refractivity contribution in [1.82, 2.24) is 5.32 Å². The molecule has 0 amide bonds. The zero-order chi connectivity index (χ0) is 12.0. The molecule has 96 valence electrons. The maximum Gasteiger partial charge on any atom is 0.441 e. The molecule has 0 aromatic rings. The Bertz CT molecular complexity index is 201. The van der Waals surface area contributed by atoms with Gasteiger partial charge in [0.1, 0.15) is 0 Å². The number of ether oxygens (including phenoxy) is 1. The van der Waals surface area contributed by atoms with Crippen molar-refractivity contribution in [3.8, 4) is 0 Å². The van der Waals surface area contributed by atoms with Crippen molar-refractivity contribution in [2.24, 2.45) is 0 Å². The molecule has 0 saturated heterocycles. The molecule has 2 unspecified atom stereocenters. The highest BCUT2D eigenvalue weighted by molar-refractivity contribution is 8.00. The van der Waals surface area contributed by atoms with Crippen LogP contribution in [0, 0.1) is 0 Å². The van der Waals surface area contributed by atoms with Crippen molar-refractivity contribution in [2.45, 2.75) is 43.3 Å². The van der Waals surface area contributed by atoms with Gasteiger partial charge in [0.15, 0.2) is 0 Å². The number of methoxy groups -OCH3 is 1. The Kier molecular flexibility index (Phi) is 5.92. The second kappa shape index (κ2) is 6.71. The summed E-state index contributed by atoms with van der Waals surface area (Å²) in [4.78, 5) is 0. The predicted octanol–water partition coefficient (Wildman–Crippen LogP) is 2.79. The highest BCUT2D eigenvalue weighted by Crippen LogP contribution is 2.29. The molecule has 1 rings (SSSR count). The Labute approximate surface area is 98.3 Å². The van der Waals surface area contributed by atoms with Gasteiger partial charge in [0.05, 0.1) is 6.10 Å². The maximum atomic E-state index is 11.9. The van der Waals surface area contributed by atoms with Crippen LogP contribution in [0.25, 0.3) is 0 Å². The lowest BCUT2D eigenvalue weighted by molar-refractivity contribution is -0.0328. The van der Waals surface area contributed by atoms with Gasteiger partial charge in [-0.3, -0.25) is 0 Å². The largest absolute Gasteiger partial charge is 0.441 e. The molecule has 2 nitrogen and oxygen atoms in total. The summed E-state index contributed by atoms with van der Waals surface area (Å²) in [5.41, 5.74) is -4.12. The molecule has 0 radical (unpaired) electrons. The Morgan fingerprint density at radius 2 is 2.00 bits per heavy atom. The van der Waals surface area contributed by atoms with Crippen molar-refractivity contribution in [1.29, 1.82) is 0 Å². The van der Waals surface area contributed by atoms with Crippen LogP contribution in [0.5, 0.6) is 0 Å². The van der Waals surface area contributed by atoms with Crippen molar-refractivity contribution in [3.05, 3.63) is 0 Å². The molecular weight excluding hydrogens is 239 g/mol. The number of hydrogen-bond acceptors (Lipinski definition) is 3. The molecule has 1 N–H and O–H groups in total. The van der Waals surface area contributed by atoms with Crippen LogP contribution in [0.15, 0.2) is 0 Å². The normalized spacial score (nSPS) is 27.0. The summed E-state index contributed by atoms with van der Waals surface area (Å²) in [5.74, 6) is 0.0659. The van der Waals surface area contributed by atoms with Gasteiger partial charge in [0.25, 0.3) is 0 Å². The fraction of sp³-hybridized carbons (Fsp3) is 1.00. The molecule has 1 fully saturated rings. The second-order valence-corrected chi connectivity index (χ2v) is 5.07. The first-order valence-corrected chi connectivity index (χ1v) is 6.48. The summed E-state index contributed by atoms with van der Waals surface area (Å²) < 4.78 is 40.9. The number of rotatable bonds is 5. The third kappa shape index (κ3) is 5.41. The zero-order valence-corrected chi connectivity index (χ0v) is 10.2. The number of halogens is 3. The average Bonchev–Trinajstić information content (AvgIpc) is 2.23. The zero-order valence-electron chi connectivity index (χ0n) is 9.35. The lowest BCUT2D eigenvalue weighted by Crippen LogP contribution is -2.44. The van der Waals surface area contributed by atoms with Gasteiger partial charge in [-0.1, -0.05) is 12.8 Å². The summed E-state index contributed by atoms with van der Waals surface area (Å²) in [6.45, 7) is 0.384. The van der Waals surface area contributed by atoms with Gasteiger partial charge in [0.2, 0.25) is 0 Å². The summed E-state index contributed by atoms with van der Waals surface area (Å²) >= 11 is 0.0277. The van der Waals surface area contributed by atoms with Crippen molar-refractivity contribution < 1.29 is 17.9 Å². The van der Waals surface area contributed by atoms with Crippen LogP contribution >= 0.6 is 11.8 Å². The van der Waals surface area contributed by atoms with E-state index in [1.807, 2.05) is 0 Å². The molecule has 0 aromatic carbocycles. The first kappa shape index (κ1) is 14.1. The Hall–Kier alpha value is 0.0600. The van der Waals surface area contributed by atoms with E-state index in [2.05, 4.69) is 5.32 Å². The lowest BCUT2D eigenvalue weighted by atomic mass is 9.92. The van der Waals surface area contributed by atoms with Gasteiger partial charge in [-0.15, -0.1) is 0 Å². The Balaban J connectivity index is 2.15. The summed E-state index contributed by atoms with van der Waals surface area (Å²) in [7, 11) is 1.66. The van der Waals surface area contributed by atoms with E-state index < -0.39 is 5.51 Å². The minimum atomic E-state index is -4.12. The average molecular weight is 257 g/mol. The molecule has 1 aliphatic rings. The van der Waals surface area contributed by atoms with E-state index in [1.165, 1.54) is 0 Å². The molecule has 1 aliphatic carbocycles. The van der Waals surface area contributed by atoms with E-state index in [0.29, 0.717) is 6.54 Å². The van der Waals surface area contributed by atoms with Crippen LogP contribution in [0.1, 0.15) is 25.7 Å². The van der Waals surface area contributed by atoms with Crippen LogP contribution in [-0.2, 0) is 4.74 Å². The molecule has 0 aliphatic heterocycles. The molecule has 6 heteroatoms. The van der Waals surface area contributed by atoms with Crippen LogP contribution < -0.4 is 5.32 Å². The molecule has 16 heavy (non-hydrogen) atoms. The smallest absolute Gasteiger partial charge is 0.380 e. The molecule has 0 heterocycles. The topological polar surface area (TPSA) is 21.3 Å². The Morgan fingerprint density at radius 1 is 1.31 bits per heavy atom. The molecule has 0 aromatic heterocycles. The predicted molar refractivity (Wildman–Crippen MR) is 59.6 cm³/mol. The standard InChI is InChI=1S/C10H18F3NOS/c1-15-9-5-3-2-4-8(9)14-6-7-16-10(11,12)13/h8-9,14H,2-7H2,1H3. The first-order chi connectivity index (χ1) is 7.53. The maximum absolute atomic E-state index is 11.9. The van der Waals surface area contributed by atoms with Crippen molar-refractivity contribution in [2.75, 3.05) is 19.4 Å². The SMILES string of the molecule is COC1CCCCC1NCCSC(F)(F)F. The van der Waals surface area contributed by atoms with Crippen molar-refractivity contribution in [3.63, 3.8) is 0 Å². The molecule has 2 atom stereocenters. The van der Waals surface area contributed by atoms with Crippen molar-refractivity contribution >= 4 is 11.8 Å². The van der Waals surface area contributed by atoms with E-state index in [4.69, 9.17) is 4.74 Å². The minimum absolute atomic E-state index is 0.0277. The number of thioether (sulfide) groups is 1. The molecule has 0 spiro atoms. The Morgan fingerprint density at radius 3 is 2.62 bits per heavy atom. The molecule has 1 saturated carbocycles. The number of hydrogen-bond donors (Lipinski definition) is 1. The van der Waals surface area contributed by atoms with Gasteiger partial charge in [-0.25, -0.2) is 0 Å². The van der Waals surface area contributed by atoms with Gasteiger partial charge in [-0.2, -0.15) is 13.2 Å². The highest BCUT2D eigenvalue weighted by atomic mass is 32.2. The highest BCUT2D eigenvalue weighted by Gasteiger charge is 2.28. The molecular formula is C10H18F3NOS. The fourth-order valence-electron chi connectivity index (χ4n) is 2.02. The summed E-state index contributed by atoms with van der Waals surface area (Å²) in [6.07, 6.45) is 4.43. The van der Waals surface area contributed by atoms with Gasteiger partial charge >= 0.3 is 5.51 Å². The quantitative estimate of drug-likeness (QED) is 0.765.